The van der Waals surface area contributed by atoms with Crippen molar-refractivity contribution < 1.29 is 8.42 Å². The van der Waals surface area contributed by atoms with Crippen molar-refractivity contribution in [3.63, 3.8) is 0 Å². The molecule has 0 spiro atoms. The predicted molar refractivity (Wildman–Crippen MR) is 92.1 cm³/mol. The zero-order valence-electron chi connectivity index (χ0n) is 13.1. The number of nitrogens with zero attached hydrogens (tertiary/aromatic N) is 2. The molecule has 122 valence electrons. The fourth-order valence-electron chi connectivity index (χ4n) is 2.84. The van der Waals surface area contributed by atoms with Crippen molar-refractivity contribution in [3.05, 3.63) is 48.7 Å². The van der Waals surface area contributed by atoms with E-state index in [9.17, 15) is 8.42 Å². The molecule has 1 atom stereocenters. The van der Waals surface area contributed by atoms with Gasteiger partial charge in [-0.15, -0.1) is 0 Å². The first-order valence-corrected chi connectivity index (χ1v) is 9.32. The van der Waals surface area contributed by atoms with Crippen LogP contribution in [0.15, 0.2) is 53.6 Å². The van der Waals surface area contributed by atoms with Gasteiger partial charge in [0.25, 0.3) is 10.0 Å². The Hall–Kier alpha value is -2.08. The van der Waals surface area contributed by atoms with Crippen molar-refractivity contribution in [2.24, 2.45) is 5.92 Å². The highest BCUT2D eigenvalue weighted by Gasteiger charge is 2.18. The van der Waals surface area contributed by atoms with E-state index in [2.05, 4.69) is 21.5 Å². The number of rotatable bonds is 4. The van der Waals surface area contributed by atoms with Gasteiger partial charge < -0.3 is 4.90 Å². The topological polar surface area (TPSA) is 62.3 Å². The zero-order chi connectivity index (χ0) is 16.3. The molecule has 1 aromatic heterocycles. The van der Waals surface area contributed by atoms with E-state index < -0.39 is 10.0 Å². The fraction of sp³-hybridized carbons (Fsp3) is 0.353. The lowest BCUT2D eigenvalue weighted by molar-refractivity contribution is 0.444. The Morgan fingerprint density at radius 2 is 1.96 bits per heavy atom. The molecule has 1 aromatic carbocycles. The van der Waals surface area contributed by atoms with Gasteiger partial charge in [-0.3, -0.25) is 4.72 Å². The molecular weight excluding hydrogens is 310 g/mol. The monoisotopic (exact) mass is 331 g/mol. The van der Waals surface area contributed by atoms with Crippen molar-refractivity contribution in [1.29, 1.82) is 0 Å². The summed E-state index contributed by atoms with van der Waals surface area (Å²) in [4.78, 5) is 6.91. The van der Waals surface area contributed by atoms with Crippen LogP contribution < -0.4 is 9.62 Å². The highest BCUT2D eigenvalue weighted by Crippen LogP contribution is 2.23. The normalized spacial score (nSPS) is 18.7. The molecular formula is C17H21N3O2S. The van der Waals surface area contributed by atoms with E-state index in [4.69, 9.17) is 0 Å². The van der Waals surface area contributed by atoms with Crippen LogP contribution in [0, 0.1) is 5.92 Å². The molecule has 0 amide bonds. The van der Waals surface area contributed by atoms with Crippen LogP contribution in [0.4, 0.5) is 11.5 Å². The number of benzene rings is 1. The van der Waals surface area contributed by atoms with Gasteiger partial charge in [0.05, 0.1) is 16.8 Å². The van der Waals surface area contributed by atoms with Crippen molar-refractivity contribution in [2.75, 3.05) is 22.7 Å². The summed E-state index contributed by atoms with van der Waals surface area (Å²) in [5.74, 6) is 1.57. The van der Waals surface area contributed by atoms with Crippen LogP contribution >= 0.6 is 0 Å². The molecule has 2 heterocycles. The summed E-state index contributed by atoms with van der Waals surface area (Å²) in [6.45, 7) is 4.25. The third-order valence-electron chi connectivity index (χ3n) is 4.03. The van der Waals surface area contributed by atoms with E-state index >= 15 is 0 Å². The maximum atomic E-state index is 12.3. The molecule has 1 fully saturated rings. The van der Waals surface area contributed by atoms with Gasteiger partial charge in [0.2, 0.25) is 0 Å². The Bertz CT molecular complexity index is 745. The van der Waals surface area contributed by atoms with E-state index in [1.165, 1.54) is 12.8 Å². The Morgan fingerprint density at radius 1 is 1.17 bits per heavy atom. The second-order valence-electron chi connectivity index (χ2n) is 6.02. The minimum atomic E-state index is -3.56. The van der Waals surface area contributed by atoms with Crippen LogP contribution in [-0.2, 0) is 10.0 Å². The van der Waals surface area contributed by atoms with Crippen LogP contribution in [0.5, 0.6) is 0 Å². The van der Waals surface area contributed by atoms with Crippen molar-refractivity contribution in [3.8, 4) is 0 Å². The van der Waals surface area contributed by atoms with Gasteiger partial charge in [0.1, 0.15) is 5.82 Å². The van der Waals surface area contributed by atoms with Gasteiger partial charge >= 0.3 is 0 Å². The average molecular weight is 331 g/mol. The number of anilines is 2. The SMILES string of the molecule is CC1CCCN(c2ccc(NS(=O)(=O)c3ccccc3)cn2)C1. The lowest BCUT2D eigenvalue weighted by Crippen LogP contribution is -2.34. The Kier molecular flexibility index (Phi) is 4.52. The van der Waals surface area contributed by atoms with Crippen LogP contribution in [0.3, 0.4) is 0 Å². The molecule has 2 aromatic rings. The van der Waals surface area contributed by atoms with Gasteiger partial charge in [-0.25, -0.2) is 13.4 Å². The largest absolute Gasteiger partial charge is 0.356 e. The molecule has 1 N–H and O–H groups in total. The second-order valence-corrected chi connectivity index (χ2v) is 7.70. The van der Waals surface area contributed by atoms with Gasteiger partial charge in [-0.1, -0.05) is 25.1 Å². The molecule has 1 aliphatic rings. The van der Waals surface area contributed by atoms with Crippen LogP contribution in [0.25, 0.3) is 0 Å². The molecule has 0 radical (unpaired) electrons. The molecule has 1 aliphatic heterocycles. The first kappa shape index (κ1) is 15.8. The fourth-order valence-corrected chi connectivity index (χ4v) is 3.91. The number of hydrogen-bond donors (Lipinski definition) is 1. The number of nitrogens with one attached hydrogen (secondary N) is 1. The van der Waals surface area contributed by atoms with Crippen LogP contribution in [0.1, 0.15) is 19.8 Å². The summed E-state index contributed by atoms with van der Waals surface area (Å²) in [6, 6.07) is 12.0. The molecule has 23 heavy (non-hydrogen) atoms. The summed E-state index contributed by atoms with van der Waals surface area (Å²) >= 11 is 0. The van der Waals surface area contributed by atoms with Crippen molar-refractivity contribution in [1.82, 2.24) is 4.98 Å². The third-order valence-corrected chi connectivity index (χ3v) is 5.43. The molecule has 0 aliphatic carbocycles. The summed E-state index contributed by atoms with van der Waals surface area (Å²) in [5, 5.41) is 0. The Morgan fingerprint density at radius 3 is 2.61 bits per heavy atom. The van der Waals surface area contributed by atoms with E-state index in [0.29, 0.717) is 11.6 Å². The smallest absolute Gasteiger partial charge is 0.261 e. The number of hydrogen-bond acceptors (Lipinski definition) is 4. The van der Waals surface area contributed by atoms with E-state index in [1.807, 2.05) is 6.07 Å². The maximum absolute atomic E-state index is 12.3. The van der Waals surface area contributed by atoms with Gasteiger partial charge in [0, 0.05) is 13.1 Å². The Labute approximate surface area is 137 Å². The lowest BCUT2D eigenvalue weighted by atomic mass is 10.0. The van der Waals surface area contributed by atoms with Crippen LogP contribution in [-0.4, -0.2) is 26.5 Å². The molecule has 3 rings (SSSR count). The highest BCUT2D eigenvalue weighted by atomic mass is 32.2. The number of sulfonamides is 1. The first-order valence-electron chi connectivity index (χ1n) is 7.83. The molecule has 5 nitrogen and oxygen atoms in total. The lowest BCUT2D eigenvalue weighted by Gasteiger charge is -2.31. The number of piperidine rings is 1. The molecule has 1 saturated heterocycles. The summed E-state index contributed by atoms with van der Waals surface area (Å²) in [7, 11) is -3.56. The molecule has 6 heteroatoms. The third kappa shape index (κ3) is 3.82. The molecule has 1 unspecified atom stereocenters. The summed E-state index contributed by atoms with van der Waals surface area (Å²) < 4.78 is 27.1. The minimum absolute atomic E-state index is 0.244. The van der Waals surface area contributed by atoms with Crippen molar-refractivity contribution in [2.45, 2.75) is 24.7 Å². The summed E-state index contributed by atoms with van der Waals surface area (Å²) in [5.41, 5.74) is 0.475. The maximum Gasteiger partial charge on any atom is 0.261 e. The van der Waals surface area contributed by atoms with Gasteiger partial charge in [-0.05, 0) is 43.0 Å². The minimum Gasteiger partial charge on any atom is -0.356 e. The van der Waals surface area contributed by atoms with Crippen molar-refractivity contribution >= 4 is 21.5 Å². The quantitative estimate of drug-likeness (QED) is 0.935. The second kappa shape index (κ2) is 6.58. The molecule has 0 bridgehead atoms. The average Bonchev–Trinajstić information content (AvgIpc) is 2.56. The first-order chi connectivity index (χ1) is 11.0. The number of pyridine rings is 1. The number of aromatic nitrogens is 1. The van der Waals surface area contributed by atoms with Crippen LogP contribution in [0.2, 0.25) is 0 Å². The molecule has 0 saturated carbocycles. The highest BCUT2D eigenvalue weighted by molar-refractivity contribution is 7.92. The zero-order valence-corrected chi connectivity index (χ0v) is 14.0. The van der Waals surface area contributed by atoms with E-state index in [1.54, 1.807) is 42.6 Å². The predicted octanol–water partition coefficient (Wildman–Crippen LogP) is 3.12. The van der Waals surface area contributed by atoms with Gasteiger partial charge in [0.15, 0.2) is 0 Å². The Balaban J connectivity index is 1.73. The summed E-state index contributed by atoms with van der Waals surface area (Å²) in [6.07, 6.45) is 4.01. The van der Waals surface area contributed by atoms with E-state index in [-0.39, 0.29) is 4.90 Å². The van der Waals surface area contributed by atoms with E-state index in [0.717, 1.165) is 18.9 Å². The standard InChI is InChI=1S/C17H21N3O2S/c1-14-6-5-11-20(13-14)17-10-9-15(12-18-17)19-23(21,22)16-7-3-2-4-8-16/h2-4,7-10,12,14,19H,5-6,11,13H2,1H3. The van der Waals surface area contributed by atoms with Gasteiger partial charge in [-0.2, -0.15) is 0 Å².